The highest BCUT2D eigenvalue weighted by Crippen LogP contribution is 2.40. The second-order valence-electron chi connectivity index (χ2n) is 6.00. The highest BCUT2D eigenvalue weighted by atomic mass is 16.5. The number of amides is 1. The number of anilines is 1. The summed E-state index contributed by atoms with van der Waals surface area (Å²) < 4.78 is 5.32. The van der Waals surface area contributed by atoms with Crippen molar-refractivity contribution in [2.24, 2.45) is 5.41 Å². The van der Waals surface area contributed by atoms with Gasteiger partial charge in [-0.3, -0.25) is 9.59 Å². The van der Waals surface area contributed by atoms with Crippen LogP contribution in [0.5, 0.6) is 5.75 Å². The number of carbonyl (C=O) groups excluding carboxylic acids is 2. The molecule has 0 radical (unpaired) electrons. The highest BCUT2D eigenvalue weighted by Gasteiger charge is 2.35. The largest absolute Gasteiger partial charge is 0.482 e. The van der Waals surface area contributed by atoms with E-state index in [9.17, 15) is 9.59 Å². The van der Waals surface area contributed by atoms with Gasteiger partial charge >= 0.3 is 0 Å². The zero-order chi connectivity index (χ0) is 14.2. The molecule has 0 bridgehead atoms. The lowest BCUT2D eigenvalue weighted by molar-refractivity contribution is -0.118. The Hall–Kier alpha value is -1.84. The van der Waals surface area contributed by atoms with E-state index in [-0.39, 0.29) is 23.7 Å². The summed E-state index contributed by atoms with van der Waals surface area (Å²) in [6, 6.07) is 5.32. The topological polar surface area (TPSA) is 55.4 Å². The van der Waals surface area contributed by atoms with Crippen molar-refractivity contribution in [2.75, 3.05) is 11.9 Å². The smallest absolute Gasteiger partial charge is 0.262 e. The van der Waals surface area contributed by atoms with E-state index in [1.165, 1.54) is 6.42 Å². The summed E-state index contributed by atoms with van der Waals surface area (Å²) in [5.41, 5.74) is 1.01. The van der Waals surface area contributed by atoms with Crippen molar-refractivity contribution >= 4 is 17.4 Å². The summed E-state index contributed by atoms with van der Waals surface area (Å²) in [6.07, 6.45) is 5.36. The van der Waals surface area contributed by atoms with Crippen LogP contribution in [0.2, 0.25) is 0 Å². The summed E-state index contributed by atoms with van der Waals surface area (Å²) in [6.45, 7) is 2.10. The number of rotatable bonds is 2. The maximum atomic E-state index is 12.7. The number of benzene rings is 1. The molecule has 20 heavy (non-hydrogen) atoms. The van der Waals surface area contributed by atoms with Gasteiger partial charge in [0.1, 0.15) is 5.75 Å². The fourth-order valence-corrected chi connectivity index (χ4v) is 3.13. The molecule has 0 saturated heterocycles. The second kappa shape index (κ2) is 4.93. The van der Waals surface area contributed by atoms with Crippen LogP contribution in [0, 0.1) is 5.41 Å². The third-order valence-electron chi connectivity index (χ3n) is 4.38. The number of hydrogen-bond donors (Lipinski definition) is 1. The Morgan fingerprint density at radius 3 is 2.75 bits per heavy atom. The number of ketones is 1. The van der Waals surface area contributed by atoms with Gasteiger partial charge in [0.15, 0.2) is 12.4 Å². The van der Waals surface area contributed by atoms with Crippen LogP contribution in [0.4, 0.5) is 5.69 Å². The molecule has 3 rings (SSSR count). The predicted octanol–water partition coefficient (Wildman–Crippen LogP) is 3.17. The van der Waals surface area contributed by atoms with Crippen molar-refractivity contribution in [1.82, 2.24) is 0 Å². The molecule has 1 saturated carbocycles. The first kappa shape index (κ1) is 13.2. The number of carbonyl (C=O) groups is 2. The lowest BCUT2D eigenvalue weighted by atomic mass is 9.71. The molecule has 2 aliphatic rings. The van der Waals surface area contributed by atoms with Gasteiger partial charge in [0, 0.05) is 11.0 Å². The first-order chi connectivity index (χ1) is 9.58. The molecule has 1 aromatic carbocycles. The Labute approximate surface area is 118 Å². The van der Waals surface area contributed by atoms with E-state index in [1.807, 2.05) is 0 Å². The highest BCUT2D eigenvalue weighted by molar-refractivity contribution is 6.03. The summed E-state index contributed by atoms with van der Waals surface area (Å²) in [5, 5.41) is 2.75. The van der Waals surface area contributed by atoms with E-state index >= 15 is 0 Å². The molecule has 0 unspecified atom stereocenters. The Bertz CT molecular complexity index is 559. The van der Waals surface area contributed by atoms with Crippen molar-refractivity contribution in [2.45, 2.75) is 39.0 Å². The SMILES string of the molecule is CC1(C(=O)c2ccc3c(c2)NC(=O)CO3)CCCCC1. The number of fused-ring (bicyclic) bond motifs is 1. The minimum atomic E-state index is -0.258. The van der Waals surface area contributed by atoms with Crippen molar-refractivity contribution in [3.8, 4) is 5.75 Å². The summed E-state index contributed by atoms with van der Waals surface area (Å²) in [7, 11) is 0. The molecule has 1 N–H and O–H groups in total. The van der Waals surface area contributed by atoms with Crippen LogP contribution in [0.25, 0.3) is 0 Å². The average Bonchev–Trinajstić information content (AvgIpc) is 2.46. The van der Waals surface area contributed by atoms with Gasteiger partial charge in [0.05, 0.1) is 5.69 Å². The van der Waals surface area contributed by atoms with Crippen LogP contribution in [0.1, 0.15) is 49.4 Å². The van der Waals surface area contributed by atoms with Gasteiger partial charge in [-0.15, -0.1) is 0 Å². The van der Waals surface area contributed by atoms with Crippen molar-refractivity contribution < 1.29 is 14.3 Å². The van der Waals surface area contributed by atoms with Crippen LogP contribution >= 0.6 is 0 Å². The van der Waals surface area contributed by atoms with Gasteiger partial charge < -0.3 is 10.1 Å². The fourth-order valence-electron chi connectivity index (χ4n) is 3.13. The Balaban J connectivity index is 1.88. The number of hydrogen-bond acceptors (Lipinski definition) is 3. The van der Waals surface area contributed by atoms with E-state index in [4.69, 9.17) is 4.74 Å². The first-order valence-corrected chi connectivity index (χ1v) is 7.20. The normalized spacial score (nSPS) is 20.6. The maximum Gasteiger partial charge on any atom is 0.262 e. The third kappa shape index (κ3) is 2.30. The standard InChI is InChI=1S/C16H19NO3/c1-16(7-3-2-4-8-16)15(19)11-5-6-13-12(9-11)17-14(18)10-20-13/h5-6,9H,2-4,7-8,10H2,1H3,(H,17,18). The number of ether oxygens (including phenoxy) is 1. The molecule has 0 spiro atoms. The van der Waals surface area contributed by atoms with Crippen molar-refractivity contribution in [3.05, 3.63) is 23.8 Å². The van der Waals surface area contributed by atoms with Gasteiger partial charge in [-0.2, -0.15) is 0 Å². The van der Waals surface area contributed by atoms with Gasteiger partial charge in [-0.1, -0.05) is 26.2 Å². The van der Waals surface area contributed by atoms with Gasteiger partial charge in [-0.05, 0) is 31.0 Å². The van der Waals surface area contributed by atoms with Crippen LogP contribution in [0.3, 0.4) is 0 Å². The molecule has 4 nitrogen and oxygen atoms in total. The van der Waals surface area contributed by atoms with Crippen LogP contribution in [-0.2, 0) is 4.79 Å². The lowest BCUT2D eigenvalue weighted by Crippen LogP contribution is -2.31. The molecule has 1 aliphatic heterocycles. The molecular formula is C16H19NO3. The fraction of sp³-hybridized carbons (Fsp3) is 0.500. The molecule has 1 fully saturated rings. The van der Waals surface area contributed by atoms with E-state index in [0.717, 1.165) is 25.7 Å². The summed E-state index contributed by atoms with van der Waals surface area (Å²) >= 11 is 0. The van der Waals surface area contributed by atoms with Gasteiger partial charge in [0.2, 0.25) is 0 Å². The Kier molecular flexibility index (Phi) is 3.24. The predicted molar refractivity (Wildman–Crippen MR) is 76.1 cm³/mol. The molecular weight excluding hydrogens is 254 g/mol. The van der Waals surface area contributed by atoms with E-state index in [1.54, 1.807) is 18.2 Å². The minimum absolute atomic E-state index is 0.0397. The van der Waals surface area contributed by atoms with Crippen LogP contribution < -0.4 is 10.1 Å². The zero-order valence-electron chi connectivity index (χ0n) is 11.7. The van der Waals surface area contributed by atoms with E-state index in [0.29, 0.717) is 17.0 Å². The molecule has 1 amide bonds. The molecule has 0 atom stereocenters. The minimum Gasteiger partial charge on any atom is -0.482 e. The first-order valence-electron chi connectivity index (χ1n) is 7.20. The van der Waals surface area contributed by atoms with E-state index < -0.39 is 0 Å². The number of Topliss-reactive ketones (excluding diaryl/α,β-unsaturated/α-hetero) is 1. The molecule has 1 heterocycles. The molecule has 0 aromatic heterocycles. The van der Waals surface area contributed by atoms with Crippen LogP contribution in [-0.4, -0.2) is 18.3 Å². The Morgan fingerprint density at radius 1 is 1.25 bits per heavy atom. The molecule has 4 heteroatoms. The van der Waals surface area contributed by atoms with Crippen molar-refractivity contribution in [1.29, 1.82) is 0 Å². The second-order valence-corrected chi connectivity index (χ2v) is 6.00. The molecule has 1 aromatic rings. The molecule has 1 aliphatic carbocycles. The van der Waals surface area contributed by atoms with E-state index in [2.05, 4.69) is 12.2 Å². The monoisotopic (exact) mass is 273 g/mol. The lowest BCUT2D eigenvalue weighted by Gasteiger charge is -2.32. The quantitative estimate of drug-likeness (QED) is 0.842. The van der Waals surface area contributed by atoms with Gasteiger partial charge in [0.25, 0.3) is 5.91 Å². The molecule has 106 valence electrons. The van der Waals surface area contributed by atoms with Gasteiger partial charge in [-0.25, -0.2) is 0 Å². The zero-order valence-corrected chi connectivity index (χ0v) is 11.7. The number of nitrogens with one attached hydrogen (secondary N) is 1. The summed E-state index contributed by atoms with van der Waals surface area (Å²) in [4.78, 5) is 24.1. The maximum absolute atomic E-state index is 12.7. The van der Waals surface area contributed by atoms with Crippen LogP contribution in [0.15, 0.2) is 18.2 Å². The third-order valence-corrected chi connectivity index (χ3v) is 4.38. The summed E-state index contributed by atoms with van der Waals surface area (Å²) in [5.74, 6) is 0.640. The van der Waals surface area contributed by atoms with Crippen molar-refractivity contribution in [3.63, 3.8) is 0 Å². The Morgan fingerprint density at radius 2 is 2.00 bits per heavy atom. The average molecular weight is 273 g/mol.